The van der Waals surface area contributed by atoms with Crippen molar-refractivity contribution in [3.8, 4) is 0 Å². The van der Waals surface area contributed by atoms with Crippen molar-refractivity contribution in [3.63, 3.8) is 0 Å². The van der Waals surface area contributed by atoms with Gasteiger partial charge in [0.15, 0.2) is 6.29 Å². The first-order chi connectivity index (χ1) is 10.0. The largest absolute Gasteiger partial charge is 0.364 e. The molecule has 2 fully saturated rings. The third-order valence-corrected chi connectivity index (χ3v) is 4.22. The van der Waals surface area contributed by atoms with E-state index >= 15 is 0 Å². The van der Waals surface area contributed by atoms with Gasteiger partial charge >= 0.3 is 14.4 Å². The first-order valence-electron chi connectivity index (χ1n) is 6.62. The molecule has 1 aliphatic heterocycles. The summed E-state index contributed by atoms with van der Waals surface area (Å²) >= 11 is 0. The fraction of sp³-hybridized carbons (Fsp3) is 0.667. The number of nitrogens with one attached hydrogen (secondary N) is 1. The van der Waals surface area contributed by atoms with E-state index in [4.69, 9.17) is 14.0 Å². The Bertz CT molecular complexity index is 670. The Kier molecular flexibility index (Phi) is 3.79. The lowest BCUT2D eigenvalue weighted by Gasteiger charge is -2.20. The second-order valence-corrected chi connectivity index (χ2v) is 5.63. The van der Waals surface area contributed by atoms with E-state index in [1.54, 1.807) is 20.0 Å². The number of ether oxygens (including phenoxy) is 2. The van der Waals surface area contributed by atoms with E-state index in [1.165, 1.54) is 4.57 Å². The predicted octanol–water partition coefficient (Wildman–Crippen LogP) is 0.512. The molecule has 2 heterocycles. The average Bonchev–Trinajstić information content (AvgIpc) is 3.13. The van der Waals surface area contributed by atoms with Crippen LogP contribution in [0.4, 0.5) is 0 Å². The minimum absolute atomic E-state index is 0.0940. The molecule has 0 spiro atoms. The molecule has 5 unspecified atom stereocenters. The molecular weight excluding hydrogens is 299 g/mol. The van der Waals surface area contributed by atoms with Gasteiger partial charge in [-0.15, -0.1) is 0 Å². The van der Waals surface area contributed by atoms with Crippen LogP contribution in [-0.4, -0.2) is 34.2 Å². The summed E-state index contributed by atoms with van der Waals surface area (Å²) in [5, 5.41) is 0. The van der Waals surface area contributed by atoms with Gasteiger partial charge in [-0.25, -0.2) is 9.36 Å². The molecule has 0 aromatic carbocycles. The van der Waals surface area contributed by atoms with Crippen molar-refractivity contribution in [2.75, 3.05) is 0 Å². The fourth-order valence-electron chi connectivity index (χ4n) is 2.82. The van der Waals surface area contributed by atoms with Gasteiger partial charge in [-0.1, -0.05) is 0 Å². The lowest BCUT2D eigenvalue weighted by atomic mass is 10.2. The van der Waals surface area contributed by atoms with E-state index in [9.17, 15) is 14.2 Å². The van der Waals surface area contributed by atoms with Crippen LogP contribution in [0.2, 0.25) is 0 Å². The first kappa shape index (κ1) is 14.6. The number of fused-ring (bicyclic) bond motifs is 1. The first-order valence-corrected chi connectivity index (χ1v) is 7.35. The van der Waals surface area contributed by atoms with Gasteiger partial charge in [-0.05, 0) is 20.3 Å². The summed E-state index contributed by atoms with van der Waals surface area (Å²) in [5.74, 6) is 0. The number of rotatable bonds is 5. The fourth-order valence-corrected chi connectivity index (χ4v) is 2.99. The highest BCUT2D eigenvalue weighted by Gasteiger charge is 2.58. The van der Waals surface area contributed by atoms with Crippen molar-refractivity contribution in [1.29, 1.82) is 0 Å². The number of epoxide rings is 1. The zero-order valence-corrected chi connectivity index (χ0v) is 12.4. The standard InChI is InChI=1S/C12H15N2O6P/c1-5-4-14(12(16)13-11(5)15)7-3-8(10-9(7)19-10)18-6(2)20-21-17/h4,6-10H,3H2,1-2H3,(H,13,15,16). The number of hydrogen-bond acceptors (Lipinski definition) is 6. The Morgan fingerprint density at radius 1 is 1.48 bits per heavy atom. The topological polar surface area (TPSA) is 103 Å². The molecule has 0 amide bonds. The molecule has 9 heteroatoms. The lowest BCUT2D eigenvalue weighted by Crippen LogP contribution is -2.34. The van der Waals surface area contributed by atoms with Gasteiger partial charge in [0.25, 0.3) is 5.56 Å². The van der Waals surface area contributed by atoms with Crippen molar-refractivity contribution in [2.45, 2.75) is 50.9 Å². The Morgan fingerprint density at radius 3 is 2.95 bits per heavy atom. The van der Waals surface area contributed by atoms with E-state index < -0.39 is 20.7 Å². The smallest absolute Gasteiger partial charge is 0.329 e. The van der Waals surface area contributed by atoms with Crippen LogP contribution in [0.25, 0.3) is 0 Å². The zero-order chi connectivity index (χ0) is 15.1. The maximum atomic E-state index is 11.9. The molecule has 1 aromatic heterocycles. The number of aromatic amines is 1. The predicted molar refractivity (Wildman–Crippen MR) is 71.4 cm³/mol. The highest BCUT2D eigenvalue weighted by Crippen LogP contribution is 2.47. The van der Waals surface area contributed by atoms with Crippen molar-refractivity contribution < 1.29 is 18.6 Å². The van der Waals surface area contributed by atoms with Crippen molar-refractivity contribution in [1.82, 2.24) is 9.55 Å². The van der Waals surface area contributed by atoms with Crippen molar-refractivity contribution >= 4 is 8.69 Å². The minimum atomic E-state index is -0.619. The molecule has 1 aliphatic carbocycles. The number of H-pyrrole nitrogens is 1. The second-order valence-electron chi connectivity index (χ2n) is 5.27. The molecule has 21 heavy (non-hydrogen) atoms. The van der Waals surface area contributed by atoms with Gasteiger partial charge < -0.3 is 9.47 Å². The van der Waals surface area contributed by atoms with Crippen LogP contribution in [0, 0.1) is 6.92 Å². The van der Waals surface area contributed by atoms with E-state index in [-0.39, 0.29) is 29.9 Å². The van der Waals surface area contributed by atoms with Crippen LogP contribution >= 0.6 is 8.69 Å². The molecule has 0 bridgehead atoms. The molecule has 2 aliphatic rings. The van der Waals surface area contributed by atoms with Crippen molar-refractivity contribution in [2.24, 2.45) is 0 Å². The Hall–Kier alpha value is -1.34. The molecule has 1 aromatic rings. The quantitative estimate of drug-likeness (QED) is 0.482. The summed E-state index contributed by atoms with van der Waals surface area (Å²) in [6, 6.07) is -0.181. The number of nitrogens with zero attached hydrogens (tertiary/aromatic N) is 1. The normalized spacial score (nSPS) is 32.1. The molecule has 1 saturated heterocycles. The summed E-state index contributed by atoms with van der Waals surface area (Å²) in [4.78, 5) is 25.6. The van der Waals surface area contributed by atoms with E-state index in [2.05, 4.69) is 4.98 Å². The second kappa shape index (κ2) is 5.46. The zero-order valence-electron chi connectivity index (χ0n) is 11.5. The van der Waals surface area contributed by atoms with Crippen LogP contribution in [0.15, 0.2) is 15.8 Å². The summed E-state index contributed by atoms with van der Waals surface area (Å²) in [6.07, 6.45) is 1.08. The molecule has 1 saturated carbocycles. The maximum absolute atomic E-state index is 11.9. The summed E-state index contributed by atoms with van der Waals surface area (Å²) in [6.45, 7) is 3.29. The Balaban J connectivity index is 1.78. The third kappa shape index (κ3) is 2.72. The van der Waals surface area contributed by atoms with Gasteiger partial charge in [-0.2, -0.15) is 0 Å². The van der Waals surface area contributed by atoms with Crippen LogP contribution in [0.1, 0.15) is 24.9 Å². The van der Waals surface area contributed by atoms with Gasteiger partial charge in [0.05, 0.1) is 12.1 Å². The summed E-state index contributed by atoms with van der Waals surface area (Å²) in [7, 11) is -0.441. The monoisotopic (exact) mass is 314 g/mol. The summed E-state index contributed by atoms with van der Waals surface area (Å²) in [5.41, 5.74) is -0.363. The van der Waals surface area contributed by atoms with Crippen LogP contribution in [0.3, 0.4) is 0 Å². The third-order valence-electron chi connectivity index (χ3n) is 3.84. The molecule has 3 rings (SSSR count). The highest BCUT2D eigenvalue weighted by molar-refractivity contribution is 7.17. The average molecular weight is 314 g/mol. The van der Waals surface area contributed by atoms with E-state index in [0.29, 0.717) is 12.0 Å². The Morgan fingerprint density at radius 2 is 2.24 bits per heavy atom. The molecular formula is C12H15N2O6P. The Labute approximate surface area is 121 Å². The van der Waals surface area contributed by atoms with Gasteiger partial charge in [0, 0.05) is 11.8 Å². The number of aryl methyl sites for hydroxylation is 1. The lowest BCUT2D eigenvalue weighted by molar-refractivity contribution is -0.113. The molecule has 8 nitrogen and oxygen atoms in total. The minimum Gasteiger partial charge on any atom is -0.364 e. The van der Waals surface area contributed by atoms with Crippen LogP contribution in [-0.2, 0) is 18.6 Å². The number of hydrogen-bond donors (Lipinski definition) is 1. The van der Waals surface area contributed by atoms with Gasteiger partial charge in [0.1, 0.15) is 12.2 Å². The molecule has 1 N–H and O–H groups in total. The van der Waals surface area contributed by atoms with Crippen LogP contribution in [0.5, 0.6) is 0 Å². The summed E-state index contributed by atoms with van der Waals surface area (Å²) < 4.78 is 27.8. The molecule has 0 radical (unpaired) electrons. The van der Waals surface area contributed by atoms with Crippen LogP contribution < -0.4 is 11.2 Å². The molecule has 5 atom stereocenters. The van der Waals surface area contributed by atoms with Gasteiger partial charge in [0.2, 0.25) is 0 Å². The van der Waals surface area contributed by atoms with E-state index in [0.717, 1.165) is 0 Å². The van der Waals surface area contributed by atoms with E-state index in [1.807, 2.05) is 0 Å². The highest BCUT2D eigenvalue weighted by atomic mass is 31.1. The molecule has 114 valence electrons. The SMILES string of the molecule is Cc1cn(C2CC(OC(C)OP=O)C3OC32)c(=O)[nH]c1=O. The number of aromatic nitrogens is 2. The van der Waals surface area contributed by atoms with Crippen molar-refractivity contribution in [3.05, 3.63) is 32.6 Å². The maximum Gasteiger partial charge on any atom is 0.329 e. The van der Waals surface area contributed by atoms with Gasteiger partial charge in [-0.3, -0.25) is 18.9 Å².